The number of nitrogens with zero attached hydrogens (tertiary/aromatic N) is 2. The summed E-state index contributed by atoms with van der Waals surface area (Å²) >= 11 is 1.60. The largest absolute Gasteiger partial charge is 0.497 e. The highest BCUT2D eigenvalue weighted by atomic mass is 32.2. The number of allylic oxidation sites excluding steroid dienone is 2. The molecule has 0 saturated carbocycles. The monoisotopic (exact) mass is 659 g/mol. The number of thioether (sulfide) groups is 1. The second-order valence-electron chi connectivity index (χ2n) is 10.5. The summed E-state index contributed by atoms with van der Waals surface area (Å²) in [6, 6.07) is 17.7. The van der Waals surface area contributed by atoms with E-state index in [-0.39, 0.29) is 17.9 Å². The van der Waals surface area contributed by atoms with Crippen LogP contribution in [0.15, 0.2) is 80.6 Å². The normalized spacial score (nSPS) is 15.0. The molecule has 3 aromatic carbocycles. The van der Waals surface area contributed by atoms with Gasteiger partial charge in [-0.05, 0) is 60.6 Å². The molecule has 2 heterocycles. The van der Waals surface area contributed by atoms with Gasteiger partial charge >= 0.3 is 5.89 Å². The molecule has 0 radical (unpaired) electrons. The molecule has 0 fully saturated rings. The van der Waals surface area contributed by atoms with Gasteiger partial charge in [-0.2, -0.15) is 21.4 Å². The van der Waals surface area contributed by atoms with Gasteiger partial charge in [0.15, 0.2) is 6.54 Å². The first kappa shape index (κ1) is 32.0. The Morgan fingerprint density at radius 3 is 2.48 bits per heavy atom. The molecule has 4 aromatic rings. The third-order valence-corrected chi connectivity index (χ3v) is 10.1. The number of fused-ring (bicyclic) bond motifs is 4. The molecule has 13 heteroatoms. The Balaban J connectivity index is 1.54. The van der Waals surface area contributed by atoms with E-state index < -0.39 is 20.2 Å². The molecule has 10 nitrogen and oxygen atoms in total. The fourth-order valence-corrected chi connectivity index (χ4v) is 7.48. The van der Waals surface area contributed by atoms with Crippen LogP contribution in [0.25, 0.3) is 27.9 Å². The number of aryl methyl sites for hydroxylation is 1. The second-order valence-corrected chi connectivity index (χ2v) is 14.7. The van der Waals surface area contributed by atoms with Crippen LogP contribution in [-0.2, 0) is 26.8 Å². The Hall–Kier alpha value is -3.36. The zero-order chi connectivity index (χ0) is 31.5. The second kappa shape index (κ2) is 13.3. The molecule has 0 bridgehead atoms. The lowest BCUT2D eigenvalue weighted by molar-refractivity contribution is -0.677. The quantitative estimate of drug-likeness (QED) is 0.0987. The number of methoxy groups -OCH3 is 1. The van der Waals surface area contributed by atoms with Crippen LogP contribution in [0.1, 0.15) is 38.5 Å². The number of anilines is 1. The first-order valence-corrected chi connectivity index (χ1v) is 18.3. The molecule has 0 atom stereocenters. The van der Waals surface area contributed by atoms with Crippen molar-refractivity contribution in [2.24, 2.45) is 0 Å². The Morgan fingerprint density at radius 2 is 1.75 bits per heavy atom. The van der Waals surface area contributed by atoms with Crippen molar-refractivity contribution >= 4 is 65.6 Å². The van der Waals surface area contributed by atoms with Crippen LogP contribution in [-0.4, -0.2) is 51.1 Å². The van der Waals surface area contributed by atoms with Crippen molar-refractivity contribution in [3.8, 4) is 5.75 Å². The van der Waals surface area contributed by atoms with Crippen molar-refractivity contribution in [3.05, 3.63) is 77.2 Å². The summed E-state index contributed by atoms with van der Waals surface area (Å²) in [7, 11) is -6.54. The highest BCUT2D eigenvalue weighted by Crippen LogP contribution is 2.48. The number of oxazole rings is 1. The molecular formula is C31H35N2O8S3+. The summed E-state index contributed by atoms with van der Waals surface area (Å²) < 4.78 is 77.8. The Bertz CT molecular complexity index is 1960. The van der Waals surface area contributed by atoms with Gasteiger partial charge in [0.1, 0.15) is 5.75 Å². The highest BCUT2D eigenvalue weighted by Gasteiger charge is 2.27. The summed E-state index contributed by atoms with van der Waals surface area (Å²) in [5.74, 6) is 0.606. The van der Waals surface area contributed by atoms with E-state index in [9.17, 15) is 25.9 Å². The SMILES string of the molecule is CCC(=Cc1oc2ccc3ccccc3c2[n+]1CCCS(=O)(=O)O)C=C1Sc2ccc(OC)cc2N1CCCCS(=O)(=O)O. The van der Waals surface area contributed by atoms with Crippen LogP contribution < -0.4 is 14.2 Å². The molecule has 2 N–H and O–H groups in total. The predicted molar refractivity (Wildman–Crippen MR) is 173 cm³/mol. The standard InChI is InChI=1S/C31H34N2O8S3/c1-3-22(20-30-32(15-6-7-17-43(34,35)36)26-21-24(40-2)12-14-28(26)42-30)19-29-33(16-8-18-44(37,38)39)31-25-10-5-4-9-23(25)11-13-27(31)41-29/h4-5,9-14,19-21H,3,6-8,15-18H2,1-2H3,(H-,34,35,36,37,38,39)/p+1. The third kappa shape index (κ3) is 7.64. The fraction of sp³-hybridized carbons (Fsp3) is 0.323. The van der Waals surface area contributed by atoms with Crippen molar-refractivity contribution in [2.75, 3.05) is 30.1 Å². The van der Waals surface area contributed by atoms with Crippen molar-refractivity contribution in [1.82, 2.24) is 0 Å². The van der Waals surface area contributed by atoms with Crippen molar-refractivity contribution < 1.29 is 39.7 Å². The first-order valence-electron chi connectivity index (χ1n) is 14.3. The molecule has 0 aliphatic carbocycles. The van der Waals surface area contributed by atoms with Gasteiger partial charge in [-0.15, -0.1) is 0 Å². The van der Waals surface area contributed by atoms with Crippen molar-refractivity contribution in [2.45, 2.75) is 44.0 Å². The van der Waals surface area contributed by atoms with Gasteiger partial charge in [0.25, 0.3) is 25.8 Å². The minimum absolute atomic E-state index is 0.203. The van der Waals surface area contributed by atoms with Crippen LogP contribution in [0, 0.1) is 0 Å². The van der Waals surface area contributed by atoms with Crippen molar-refractivity contribution in [1.29, 1.82) is 0 Å². The number of hydrogen-bond donors (Lipinski definition) is 2. The van der Waals surface area contributed by atoms with Crippen LogP contribution in [0.5, 0.6) is 5.75 Å². The molecule has 0 spiro atoms. The lowest BCUT2D eigenvalue weighted by Crippen LogP contribution is -2.36. The maximum atomic E-state index is 11.5. The number of unbranched alkanes of at least 4 members (excludes halogenated alkanes) is 1. The van der Waals surface area contributed by atoms with Gasteiger partial charge in [-0.3, -0.25) is 9.11 Å². The average Bonchev–Trinajstić information content (AvgIpc) is 3.50. The lowest BCUT2D eigenvalue weighted by Gasteiger charge is -2.21. The number of rotatable bonds is 13. The maximum Gasteiger partial charge on any atom is 0.374 e. The van der Waals surface area contributed by atoms with E-state index in [1.165, 1.54) is 0 Å². The van der Waals surface area contributed by atoms with Gasteiger partial charge < -0.3 is 14.1 Å². The molecule has 1 aliphatic rings. The van der Waals surface area contributed by atoms with E-state index >= 15 is 0 Å². The Morgan fingerprint density at radius 1 is 1.00 bits per heavy atom. The first-order chi connectivity index (χ1) is 21.0. The van der Waals surface area contributed by atoms with Gasteiger partial charge in [0.05, 0.1) is 40.8 Å². The van der Waals surface area contributed by atoms with Crippen molar-refractivity contribution in [3.63, 3.8) is 0 Å². The molecular weight excluding hydrogens is 625 g/mol. The van der Waals surface area contributed by atoms with Crippen LogP contribution in [0.4, 0.5) is 5.69 Å². The molecule has 44 heavy (non-hydrogen) atoms. The summed E-state index contributed by atoms with van der Waals surface area (Å²) in [6.07, 6.45) is 5.77. The number of hydrogen-bond acceptors (Lipinski definition) is 8. The van der Waals surface area contributed by atoms with E-state index in [1.54, 1.807) is 18.9 Å². The molecule has 1 aromatic heterocycles. The van der Waals surface area contributed by atoms with Gasteiger partial charge in [-0.25, -0.2) is 0 Å². The average molecular weight is 660 g/mol. The number of ether oxygens (including phenoxy) is 1. The van der Waals surface area contributed by atoms with E-state index in [1.807, 2.05) is 72.2 Å². The predicted octanol–water partition coefficient (Wildman–Crippen LogP) is 6.08. The molecule has 1 aliphatic heterocycles. The zero-order valence-electron chi connectivity index (χ0n) is 24.5. The van der Waals surface area contributed by atoms with E-state index in [4.69, 9.17) is 9.15 Å². The minimum atomic E-state index is -4.12. The van der Waals surface area contributed by atoms with Gasteiger partial charge in [-0.1, -0.05) is 43.0 Å². The molecule has 0 amide bonds. The topological polar surface area (TPSA) is 138 Å². The summed E-state index contributed by atoms with van der Waals surface area (Å²) in [6.45, 7) is 2.90. The van der Waals surface area contributed by atoms with Crippen LogP contribution in [0.3, 0.4) is 0 Å². The fourth-order valence-electron chi connectivity index (χ4n) is 5.27. The van der Waals surface area contributed by atoms with Crippen LogP contribution in [0.2, 0.25) is 0 Å². The number of aromatic nitrogens is 1. The number of benzene rings is 3. The molecule has 0 unspecified atom stereocenters. The van der Waals surface area contributed by atoms with Gasteiger partial charge in [0.2, 0.25) is 5.58 Å². The Labute approximate surface area is 261 Å². The molecule has 234 valence electrons. The zero-order valence-corrected chi connectivity index (χ0v) is 26.9. The summed E-state index contributed by atoms with van der Waals surface area (Å²) in [4.78, 5) is 3.17. The molecule has 5 rings (SSSR count). The third-order valence-electron chi connectivity index (χ3n) is 7.40. The molecule has 0 saturated heterocycles. The van der Waals surface area contributed by atoms with Gasteiger partial charge in [0, 0.05) is 23.9 Å². The summed E-state index contributed by atoms with van der Waals surface area (Å²) in [5, 5.41) is 2.95. The Kier molecular flexibility index (Phi) is 9.71. The highest BCUT2D eigenvalue weighted by molar-refractivity contribution is 8.03. The van der Waals surface area contributed by atoms with E-state index in [0.29, 0.717) is 49.6 Å². The van der Waals surface area contributed by atoms with E-state index in [2.05, 4.69) is 11.0 Å². The lowest BCUT2D eigenvalue weighted by atomic mass is 10.1. The van der Waals surface area contributed by atoms with E-state index in [0.717, 1.165) is 37.5 Å². The smallest absolute Gasteiger partial charge is 0.374 e. The minimum Gasteiger partial charge on any atom is -0.497 e. The maximum absolute atomic E-state index is 11.5. The summed E-state index contributed by atoms with van der Waals surface area (Å²) in [5.41, 5.74) is 3.43. The van der Waals surface area contributed by atoms with Crippen LogP contribution >= 0.6 is 11.8 Å².